The molecule has 0 aliphatic heterocycles. The van der Waals surface area contributed by atoms with E-state index in [1.165, 1.54) is 18.2 Å². The molecule has 0 heterocycles. The van der Waals surface area contributed by atoms with Crippen LogP contribution in [0.4, 0.5) is 37.7 Å². The molecule has 1 fully saturated rings. The molecule has 1 saturated carbocycles. The fraction of sp³-hybridized carbons (Fsp3) is 0.222. The van der Waals surface area contributed by atoms with E-state index in [0.717, 1.165) is 6.07 Å². The largest absolute Gasteiger partial charge is 0.458 e. The standard InChI is InChI=1S/C27H19F6N3O2/c28-23-12-18(7-8-22(23)26(29,30)27(31,32)33)19-10-20(13-21(11-19)36-25(38)17-5-6-17)35-24(37)9-15-1-3-16(14-34)4-2-15/h1-4,7-8,10-13,17H,5-6,9H2,(H,35,37)(H,36,38). The minimum absolute atomic E-state index is 0.0469. The lowest BCUT2D eigenvalue weighted by molar-refractivity contribution is -0.290. The van der Waals surface area contributed by atoms with Gasteiger partial charge in [-0.3, -0.25) is 9.59 Å². The zero-order chi connectivity index (χ0) is 27.7. The van der Waals surface area contributed by atoms with Crippen LogP contribution in [0.15, 0.2) is 60.7 Å². The highest BCUT2D eigenvalue weighted by atomic mass is 19.4. The summed E-state index contributed by atoms with van der Waals surface area (Å²) in [4.78, 5) is 24.9. The number of carbonyl (C=O) groups is 2. The van der Waals surface area contributed by atoms with Crippen LogP contribution < -0.4 is 10.6 Å². The first-order valence-corrected chi connectivity index (χ1v) is 11.4. The molecule has 2 N–H and O–H groups in total. The summed E-state index contributed by atoms with van der Waals surface area (Å²) in [6.45, 7) is 0. The number of halogens is 6. The summed E-state index contributed by atoms with van der Waals surface area (Å²) in [5, 5.41) is 14.2. The molecule has 38 heavy (non-hydrogen) atoms. The number of anilines is 2. The van der Waals surface area contributed by atoms with E-state index in [1.54, 1.807) is 24.3 Å². The van der Waals surface area contributed by atoms with E-state index in [0.29, 0.717) is 36.1 Å². The fourth-order valence-electron chi connectivity index (χ4n) is 3.72. The van der Waals surface area contributed by atoms with Crippen LogP contribution in [0.5, 0.6) is 0 Å². The zero-order valence-corrected chi connectivity index (χ0v) is 19.5. The van der Waals surface area contributed by atoms with Gasteiger partial charge in [-0.15, -0.1) is 0 Å². The Morgan fingerprint density at radius 3 is 2.05 bits per heavy atom. The Labute approximate surface area is 213 Å². The predicted octanol–water partition coefficient (Wildman–Crippen LogP) is 6.55. The monoisotopic (exact) mass is 531 g/mol. The first kappa shape index (κ1) is 26.7. The van der Waals surface area contributed by atoms with Crippen LogP contribution >= 0.6 is 0 Å². The van der Waals surface area contributed by atoms with Crippen LogP contribution in [0.2, 0.25) is 0 Å². The number of carbonyl (C=O) groups excluding carboxylic acids is 2. The van der Waals surface area contributed by atoms with Gasteiger partial charge in [-0.2, -0.15) is 27.2 Å². The Kier molecular flexibility index (Phi) is 7.18. The van der Waals surface area contributed by atoms with Gasteiger partial charge in [-0.25, -0.2) is 4.39 Å². The zero-order valence-electron chi connectivity index (χ0n) is 19.5. The Hall–Kier alpha value is -4.33. The molecule has 0 radical (unpaired) electrons. The number of alkyl halides is 5. The molecule has 5 nitrogen and oxygen atoms in total. The Morgan fingerprint density at radius 1 is 0.868 bits per heavy atom. The van der Waals surface area contributed by atoms with Crippen molar-refractivity contribution in [2.75, 3.05) is 10.6 Å². The first-order valence-electron chi connectivity index (χ1n) is 11.4. The molecule has 1 aliphatic rings. The molecule has 3 aromatic rings. The number of benzene rings is 3. The van der Waals surface area contributed by atoms with Gasteiger partial charge < -0.3 is 10.6 Å². The number of nitrogens with zero attached hydrogens (tertiary/aromatic N) is 1. The van der Waals surface area contributed by atoms with Gasteiger partial charge >= 0.3 is 12.1 Å². The predicted molar refractivity (Wildman–Crippen MR) is 127 cm³/mol. The van der Waals surface area contributed by atoms with Crippen molar-refractivity contribution < 1.29 is 35.9 Å². The molecule has 3 aromatic carbocycles. The molecule has 2 amide bonds. The molecule has 11 heteroatoms. The maximum Gasteiger partial charge on any atom is 0.458 e. The summed E-state index contributed by atoms with van der Waals surface area (Å²) in [5.74, 6) is -8.06. The Bertz CT molecular complexity index is 1420. The normalized spacial score (nSPS) is 13.5. The van der Waals surface area contributed by atoms with Gasteiger partial charge in [0, 0.05) is 17.3 Å². The molecule has 0 saturated heterocycles. The number of rotatable bonds is 7. The molecule has 0 atom stereocenters. The SMILES string of the molecule is N#Cc1ccc(CC(=O)Nc2cc(NC(=O)C3CC3)cc(-c3ccc(C(F)(F)C(F)(F)F)c(F)c3)c2)cc1. The smallest absolute Gasteiger partial charge is 0.326 e. The van der Waals surface area contributed by atoms with E-state index < -0.39 is 29.4 Å². The number of hydrogen-bond acceptors (Lipinski definition) is 3. The average Bonchev–Trinajstić information content (AvgIpc) is 3.69. The van der Waals surface area contributed by atoms with Gasteiger partial charge in [0.15, 0.2) is 0 Å². The third-order valence-electron chi connectivity index (χ3n) is 5.88. The molecular weight excluding hydrogens is 512 g/mol. The van der Waals surface area contributed by atoms with E-state index in [9.17, 15) is 35.9 Å². The van der Waals surface area contributed by atoms with Crippen LogP contribution in [-0.2, 0) is 21.9 Å². The van der Waals surface area contributed by atoms with Crippen LogP contribution in [0, 0.1) is 23.1 Å². The summed E-state index contributed by atoms with van der Waals surface area (Å²) < 4.78 is 80.0. The second-order valence-electron chi connectivity index (χ2n) is 8.86. The minimum Gasteiger partial charge on any atom is -0.326 e. The lowest BCUT2D eigenvalue weighted by Crippen LogP contribution is -2.34. The van der Waals surface area contributed by atoms with Crippen molar-refractivity contribution in [1.29, 1.82) is 5.26 Å². The van der Waals surface area contributed by atoms with Crippen LogP contribution in [0.1, 0.15) is 29.5 Å². The Morgan fingerprint density at radius 2 is 1.50 bits per heavy atom. The molecular formula is C27H19F6N3O2. The highest BCUT2D eigenvalue weighted by Crippen LogP contribution is 2.45. The second kappa shape index (κ2) is 10.2. The molecule has 4 rings (SSSR count). The van der Waals surface area contributed by atoms with Crippen LogP contribution in [0.25, 0.3) is 11.1 Å². The van der Waals surface area contributed by atoms with Gasteiger partial charge in [-0.1, -0.05) is 18.2 Å². The molecule has 1 aliphatic carbocycles. The van der Waals surface area contributed by atoms with Crippen LogP contribution in [-0.4, -0.2) is 18.0 Å². The average molecular weight is 531 g/mol. The second-order valence-corrected chi connectivity index (χ2v) is 8.86. The highest BCUT2D eigenvalue weighted by molar-refractivity contribution is 5.97. The maximum absolute atomic E-state index is 14.5. The van der Waals surface area contributed by atoms with Crippen molar-refractivity contribution in [3.05, 3.63) is 83.2 Å². The molecule has 0 bridgehead atoms. The first-order chi connectivity index (χ1) is 17.9. The summed E-state index contributed by atoms with van der Waals surface area (Å²) in [6.07, 6.45) is -4.62. The number of amides is 2. The van der Waals surface area contributed by atoms with E-state index in [2.05, 4.69) is 10.6 Å². The van der Waals surface area contributed by atoms with Gasteiger partial charge in [0.2, 0.25) is 11.8 Å². The minimum atomic E-state index is -5.98. The summed E-state index contributed by atoms with van der Waals surface area (Å²) in [7, 11) is 0. The molecule has 0 unspecified atom stereocenters. The number of hydrogen-bond donors (Lipinski definition) is 2. The maximum atomic E-state index is 14.5. The van der Waals surface area contributed by atoms with E-state index in [-0.39, 0.29) is 40.7 Å². The van der Waals surface area contributed by atoms with Gasteiger partial charge in [0.05, 0.1) is 23.6 Å². The number of nitriles is 1. The summed E-state index contributed by atoms with van der Waals surface area (Å²) in [5.41, 5.74) is -0.270. The van der Waals surface area contributed by atoms with Crippen LogP contribution in [0.3, 0.4) is 0 Å². The third kappa shape index (κ3) is 5.96. The van der Waals surface area contributed by atoms with Crippen molar-refractivity contribution in [2.24, 2.45) is 5.92 Å². The van der Waals surface area contributed by atoms with E-state index in [1.807, 2.05) is 6.07 Å². The highest BCUT2D eigenvalue weighted by Gasteiger charge is 2.59. The Balaban J connectivity index is 1.63. The van der Waals surface area contributed by atoms with Crippen molar-refractivity contribution in [1.82, 2.24) is 0 Å². The molecule has 0 spiro atoms. The molecule has 196 valence electrons. The molecule has 0 aromatic heterocycles. The quantitative estimate of drug-likeness (QED) is 0.340. The van der Waals surface area contributed by atoms with Gasteiger partial charge in [-0.05, 0) is 72.0 Å². The van der Waals surface area contributed by atoms with Crippen molar-refractivity contribution in [3.8, 4) is 17.2 Å². The lowest BCUT2D eigenvalue weighted by Gasteiger charge is -2.21. The van der Waals surface area contributed by atoms with Gasteiger partial charge in [0.1, 0.15) is 5.82 Å². The van der Waals surface area contributed by atoms with Crippen molar-refractivity contribution in [2.45, 2.75) is 31.4 Å². The van der Waals surface area contributed by atoms with Crippen molar-refractivity contribution in [3.63, 3.8) is 0 Å². The fourth-order valence-corrected chi connectivity index (χ4v) is 3.72. The topological polar surface area (TPSA) is 82.0 Å². The van der Waals surface area contributed by atoms with Crippen molar-refractivity contribution >= 4 is 23.2 Å². The third-order valence-corrected chi connectivity index (χ3v) is 5.88. The summed E-state index contributed by atoms with van der Waals surface area (Å²) >= 11 is 0. The summed E-state index contributed by atoms with van der Waals surface area (Å²) in [6, 6.07) is 14.3. The number of nitrogens with one attached hydrogen (secondary N) is 2. The lowest BCUT2D eigenvalue weighted by atomic mass is 9.99. The van der Waals surface area contributed by atoms with E-state index in [4.69, 9.17) is 5.26 Å². The van der Waals surface area contributed by atoms with E-state index >= 15 is 0 Å². The van der Waals surface area contributed by atoms with Gasteiger partial charge in [0.25, 0.3) is 0 Å².